The van der Waals surface area contributed by atoms with Crippen LogP contribution in [0.1, 0.15) is 32.1 Å². The Morgan fingerprint density at radius 2 is 1.32 bits per heavy atom. The van der Waals surface area contributed by atoms with E-state index in [2.05, 4.69) is 5.32 Å². The fourth-order valence-corrected chi connectivity index (χ4v) is 6.35. The molecule has 144 valence electrons. The number of hydrogen-bond donors (Lipinski definition) is 1. The molecule has 1 aliphatic rings. The van der Waals surface area contributed by atoms with Crippen molar-refractivity contribution in [3.63, 3.8) is 0 Å². The number of halogens is 2. The minimum absolute atomic E-state index is 0.246. The van der Waals surface area contributed by atoms with E-state index in [0.29, 0.717) is 5.69 Å². The summed E-state index contributed by atoms with van der Waals surface area (Å²) in [6, 6.07) is 22.8. The van der Waals surface area contributed by atoms with Crippen LogP contribution in [0.3, 0.4) is 0 Å². The quantitative estimate of drug-likeness (QED) is 0.565. The van der Waals surface area contributed by atoms with Crippen molar-refractivity contribution in [3.8, 4) is 0 Å². The molecular weight excluding hydrogens is 371 g/mol. The van der Waals surface area contributed by atoms with E-state index in [9.17, 15) is 8.78 Å². The molecule has 1 nitrogen and oxygen atoms in total. The number of nitrogens with one attached hydrogen (secondary N) is 1. The normalized spacial score (nSPS) is 15.0. The number of hydrogen-bond acceptors (Lipinski definition) is 1. The van der Waals surface area contributed by atoms with E-state index in [1.54, 1.807) is 0 Å². The maximum atomic E-state index is 15.0. The van der Waals surface area contributed by atoms with Gasteiger partial charge in [0.2, 0.25) is 0 Å². The lowest BCUT2D eigenvalue weighted by molar-refractivity contribution is 0.460. The lowest BCUT2D eigenvalue weighted by Gasteiger charge is -2.28. The molecule has 0 aliphatic heterocycles. The zero-order valence-corrected chi connectivity index (χ0v) is 16.6. The SMILES string of the molecule is Fc1cc(F)c(NC2CCCCC2)c(P(c2ccccc2)c2ccccc2)c1. The van der Waals surface area contributed by atoms with Crippen LogP contribution in [0.4, 0.5) is 14.5 Å². The fraction of sp³-hybridized carbons (Fsp3) is 0.250. The standard InChI is InChI=1S/C24H24F2NP/c25-18-16-22(26)24(27-19-10-4-1-5-11-19)23(17-18)28(20-12-6-2-7-13-20)21-14-8-3-9-15-21/h2-3,6-9,12-17,19,27H,1,4-5,10-11H2. The first kappa shape index (κ1) is 19.1. The summed E-state index contributed by atoms with van der Waals surface area (Å²) in [4.78, 5) is 0. The molecule has 1 saturated carbocycles. The summed E-state index contributed by atoms with van der Waals surface area (Å²) in [5.41, 5.74) is 0.465. The Hall–Kier alpha value is -2.25. The summed E-state index contributed by atoms with van der Waals surface area (Å²) < 4.78 is 29.3. The molecular formula is C24H24F2NP. The molecule has 0 amide bonds. The van der Waals surface area contributed by atoms with Gasteiger partial charge in [0, 0.05) is 17.4 Å². The Kier molecular flexibility index (Phi) is 6.02. The van der Waals surface area contributed by atoms with Gasteiger partial charge in [0.15, 0.2) is 0 Å². The van der Waals surface area contributed by atoms with Crippen molar-refractivity contribution in [1.29, 1.82) is 0 Å². The third-order valence-electron chi connectivity index (χ3n) is 5.26. The Bertz CT molecular complexity index is 869. The molecule has 3 aromatic rings. The monoisotopic (exact) mass is 395 g/mol. The summed E-state index contributed by atoms with van der Waals surface area (Å²) in [5.74, 6) is -1.03. The molecule has 0 aromatic heterocycles. The van der Waals surface area contributed by atoms with Crippen LogP contribution in [-0.2, 0) is 0 Å². The second-order valence-electron chi connectivity index (χ2n) is 7.27. The van der Waals surface area contributed by atoms with Crippen LogP contribution in [-0.4, -0.2) is 6.04 Å². The minimum Gasteiger partial charge on any atom is -0.379 e. The van der Waals surface area contributed by atoms with Crippen LogP contribution >= 0.6 is 7.92 Å². The average molecular weight is 395 g/mol. The second-order valence-corrected chi connectivity index (χ2v) is 9.45. The van der Waals surface area contributed by atoms with E-state index in [1.165, 1.54) is 12.5 Å². The Balaban J connectivity index is 1.83. The first-order valence-electron chi connectivity index (χ1n) is 9.88. The predicted molar refractivity (Wildman–Crippen MR) is 116 cm³/mol. The lowest BCUT2D eigenvalue weighted by Crippen LogP contribution is -2.29. The molecule has 0 unspecified atom stereocenters. The van der Waals surface area contributed by atoms with Crippen molar-refractivity contribution in [3.05, 3.63) is 84.4 Å². The molecule has 4 heteroatoms. The van der Waals surface area contributed by atoms with E-state index in [-0.39, 0.29) is 6.04 Å². The summed E-state index contributed by atoms with van der Waals surface area (Å²) >= 11 is 0. The number of anilines is 1. The first-order valence-corrected chi connectivity index (χ1v) is 11.2. The van der Waals surface area contributed by atoms with Crippen molar-refractivity contribution in [1.82, 2.24) is 0 Å². The van der Waals surface area contributed by atoms with Gasteiger partial charge in [-0.15, -0.1) is 0 Å². The molecule has 4 rings (SSSR count). The predicted octanol–water partition coefficient (Wildman–Crippen LogP) is 5.47. The highest BCUT2D eigenvalue weighted by Crippen LogP contribution is 2.37. The molecule has 0 atom stereocenters. The average Bonchev–Trinajstić information content (AvgIpc) is 2.73. The van der Waals surface area contributed by atoms with E-state index < -0.39 is 19.6 Å². The smallest absolute Gasteiger partial charge is 0.149 e. The van der Waals surface area contributed by atoms with Gasteiger partial charge in [0.05, 0.1) is 5.69 Å². The number of benzene rings is 3. The summed E-state index contributed by atoms with van der Waals surface area (Å²) in [5, 5.41) is 6.32. The second kappa shape index (κ2) is 8.84. The summed E-state index contributed by atoms with van der Waals surface area (Å²) in [6.07, 6.45) is 5.61. The summed E-state index contributed by atoms with van der Waals surface area (Å²) in [6.45, 7) is 0. The van der Waals surface area contributed by atoms with Gasteiger partial charge in [-0.05, 0) is 37.4 Å². The van der Waals surface area contributed by atoms with Crippen molar-refractivity contribution < 1.29 is 8.78 Å². The highest BCUT2D eigenvalue weighted by atomic mass is 31.1. The minimum atomic E-state index is -1.07. The van der Waals surface area contributed by atoms with Gasteiger partial charge in [-0.2, -0.15) is 0 Å². The van der Waals surface area contributed by atoms with E-state index in [4.69, 9.17) is 0 Å². The van der Waals surface area contributed by atoms with E-state index in [0.717, 1.165) is 47.7 Å². The van der Waals surface area contributed by atoms with Gasteiger partial charge >= 0.3 is 0 Å². The van der Waals surface area contributed by atoms with E-state index in [1.807, 2.05) is 60.7 Å². The zero-order valence-electron chi connectivity index (χ0n) is 15.7. The van der Waals surface area contributed by atoms with Gasteiger partial charge in [-0.25, -0.2) is 8.78 Å². The zero-order chi connectivity index (χ0) is 19.3. The molecule has 28 heavy (non-hydrogen) atoms. The Morgan fingerprint density at radius 1 is 0.750 bits per heavy atom. The van der Waals surface area contributed by atoms with Crippen LogP contribution in [0, 0.1) is 11.6 Å². The lowest BCUT2D eigenvalue weighted by atomic mass is 9.95. The van der Waals surface area contributed by atoms with Crippen molar-refractivity contribution in [2.75, 3.05) is 5.32 Å². The largest absolute Gasteiger partial charge is 0.379 e. The highest BCUT2D eigenvalue weighted by molar-refractivity contribution is 7.80. The van der Waals surface area contributed by atoms with Crippen molar-refractivity contribution in [2.45, 2.75) is 38.1 Å². The summed E-state index contributed by atoms with van der Waals surface area (Å²) in [7, 11) is -1.07. The van der Waals surface area contributed by atoms with Gasteiger partial charge in [0.1, 0.15) is 11.6 Å². The Morgan fingerprint density at radius 3 is 1.89 bits per heavy atom. The molecule has 0 radical (unpaired) electrons. The van der Waals surface area contributed by atoms with Crippen molar-refractivity contribution >= 4 is 29.5 Å². The van der Waals surface area contributed by atoms with Crippen molar-refractivity contribution in [2.24, 2.45) is 0 Å². The molecule has 0 bridgehead atoms. The molecule has 0 saturated heterocycles. The third-order valence-corrected chi connectivity index (χ3v) is 7.72. The number of rotatable bonds is 5. The van der Waals surface area contributed by atoms with Gasteiger partial charge < -0.3 is 5.32 Å². The molecule has 3 aromatic carbocycles. The first-order chi connectivity index (χ1) is 13.7. The van der Waals surface area contributed by atoms with Crippen LogP contribution in [0.2, 0.25) is 0 Å². The van der Waals surface area contributed by atoms with Crippen LogP contribution in [0.25, 0.3) is 0 Å². The third kappa shape index (κ3) is 4.25. The molecule has 0 spiro atoms. The topological polar surface area (TPSA) is 12.0 Å². The maximum Gasteiger partial charge on any atom is 0.149 e. The molecule has 1 N–H and O–H groups in total. The van der Waals surface area contributed by atoms with E-state index >= 15 is 0 Å². The van der Waals surface area contributed by atoms with Crippen LogP contribution in [0.15, 0.2) is 72.8 Å². The highest BCUT2D eigenvalue weighted by Gasteiger charge is 2.25. The molecule has 1 fully saturated rings. The van der Waals surface area contributed by atoms with Gasteiger partial charge in [-0.3, -0.25) is 0 Å². The van der Waals surface area contributed by atoms with Crippen LogP contribution < -0.4 is 21.2 Å². The van der Waals surface area contributed by atoms with Gasteiger partial charge in [-0.1, -0.05) is 79.9 Å². The molecule has 0 heterocycles. The van der Waals surface area contributed by atoms with Crippen LogP contribution in [0.5, 0.6) is 0 Å². The van der Waals surface area contributed by atoms with Gasteiger partial charge in [0.25, 0.3) is 0 Å². The Labute approximate surface area is 166 Å². The maximum absolute atomic E-state index is 15.0. The fourth-order valence-electron chi connectivity index (χ4n) is 3.91. The molecule has 1 aliphatic carbocycles.